The van der Waals surface area contributed by atoms with Crippen molar-refractivity contribution in [3.8, 4) is 11.5 Å². The van der Waals surface area contributed by atoms with Crippen LogP contribution in [0, 0.1) is 0 Å². The molecule has 0 saturated heterocycles. The van der Waals surface area contributed by atoms with Crippen LogP contribution in [0.4, 0.5) is 0 Å². The molecule has 0 amide bonds. The van der Waals surface area contributed by atoms with Crippen LogP contribution in [0.2, 0.25) is 0 Å². The van der Waals surface area contributed by atoms with E-state index in [2.05, 4.69) is 55.6 Å². The summed E-state index contributed by atoms with van der Waals surface area (Å²) in [5.41, 5.74) is 2.51. The van der Waals surface area contributed by atoms with Crippen LogP contribution >= 0.6 is 0 Å². The van der Waals surface area contributed by atoms with Crippen molar-refractivity contribution in [2.24, 2.45) is 0 Å². The van der Waals surface area contributed by atoms with Crippen LogP contribution in [-0.4, -0.2) is 20.3 Å². The Morgan fingerprint density at radius 2 is 1.50 bits per heavy atom. The van der Waals surface area contributed by atoms with E-state index < -0.39 is 0 Å². The normalized spacial score (nSPS) is 13.5. The third-order valence-corrected chi connectivity index (χ3v) is 3.79. The van der Waals surface area contributed by atoms with Crippen molar-refractivity contribution in [1.29, 1.82) is 0 Å². The fourth-order valence-corrected chi connectivity index (χ4v) is 2.66. The summed E-state index contributed by atoms with van der Waals surface area (Å²) in [5, 5.41) is 3.64. The first kappa shape index (κ1) is 16.4. The average Bonchev–Trinajstić information content (AvgIpc) is 2.55. The van der Waals surface area contributed by atoms with Gasteiger partial charge < -0.3 is 14.8 Å². The zero-order chi connectivity index (χ0) is 15.9. The van der Waals surface area contributed by atoms with Crippen LogP contribution in [-0.2, 0) is 6.42 Å². The van der Waals surface area contributed by atoms with Gasteiger partial charge in [-0.3, -0.25) is 0 Å². The van der Waals surface area contributed by atoms with E-state index in [0.29, 0.717) is 12.1 Å². The van der Waals surface area contributed by atoms with Gasteiger partial charge in [-0.2, -0.15) is 0 Å². The van der Waals surface area contributed by atoms with Crippen LogP contribution in [0.25, 0.3) is 0 Å². The van der Waals surface area contributed by atoms with Gasteiger partial charge in [0.15, 0.2) is 0 Å². The molecule has 118 valence electrons. The minimum absolute atomic E-state index is 0.323. The van der Waals surface area contributed by atoms with Gasteiger partial charge in [-0.15, -0.1) is 0 Å². The molecule has 0 aliphatic rings. The minimum Gasteiger partial charge on any atom is -0.497 e. The Labute approximate surface area is 133 Å². The van der Waals surface area contributed by atoms with Gasteiger partial charge in [-0.25, -0.2) is 0 Å². The summed E-state index contributed by atoms with van der Waals surface area (Å²) >= 11 is 0. The molecule has 3 heteroatoms. The zero-order valence-corrected chi connectivity index (χ0v) is 13.8. The lowest BCUT2D eigenvalue weighted by Gasteiger charge is -2.21. The number of ether oxygens (including phenoxy) is 2. The third-order valence-electron chi connectivity index (χ3n) is 3.79. The third kappa shape index (κ3) is 4.50. The van der Waals surface area contributed by atoms with E-state index in [-0.39, 0.29) is 0 Å². The van der Waals surface area contributed by atoms with Crippen molar-refractivity contribution in [2.75, 3.05) is 14.2 Å². The molecule has 0 aromatic heterocycles. The summed E-state index contributed by atoms with van der Waals surface area (Å²) in [6.07, 6.45) is 0.921. The topological polar surface area (TPSA) is 30.5 Å². The van der Waals surface area contributed by atoms with Gasteiger partial charge in [0, 0.05) is 18.2 Å². The van der Waals surface area contributed by atoms with Crippen molar-refractivity contribution in [1.82, 2.24) is 5.32 Å². The molecule has 22 heavy (non-hydrogen) atoms. The van der Waals surface area contributed by atoms with E-state index in [1.807, 2.05) is 12.1 Å². The number of rotatable bonds is 7. The van der Waals surface area contributed by atoms with Crippen molar-refractivity contribution < 1.29 is 9.47 Å². The molecule has 0 radical (unpaired) electrons. The SMILES string of the molecule is COc1cc(C[C@@H](C)N[C@@H](C)c2ccccc2)cc(OC)c1. The Morgan fingerprint density at radius 1 is 0.909 bits per heavy atom. The lowest BCUT2D eigenvalue weighted by molar-refractivity contribution is 0.392. The minimum atomic E-state index is 0.323. The Morgan fingerprint density at radius 3 is 2.05 bits per heavy atom. The first-order valence-electron chi connectivity index (χ1n) is 7.65. The molecule has 1 N–H and O–H groups in total. The summed E-state index contributed by atoms with van der Waals surface area (Å²) in [6, 6.07) is 17.2. The van der Waals surface area contributed by atoms with Gasteiger partial charge in [0.05, 0.1) is 14.2 Å². The number of hydrogen-bond donors (Lipinski definition) is 1. The van der Waals surface area contributed by atoms with Crippen LogP contribution in [0.1, 0.15) is 31.0 Å². The molecule has 3 nitrogen and oxygen atoms in total. The standard InChI is InChI=1S/C19H25NO2/c1-14(20-15(2)17-8-6-5-7-9-17)10-16-11-18(21-3)13-19(12-16)22-4/h5-9,11-15,20H,10H2,1-4H3/t14-,15+/m1/s1. The second-order valence-corrected chi connectivity index (χ2v) is 5.63. The van der Waals surface area contributed by atoms with E-state index in [0.717, 1.165) is 17.9 Å². The highest BCUT2D eigenvalue weighted by atomic mass is 16.5. The zero-order valence-electron chi connectivity index (χ0n) is 13.8. The van der Waals surface area contributed by atoms with Gasteiger partial charge in [0.2, 0.25) is 0 Å². The summed E-state index contributed by atoms with van der Waals surface area (Å²) < 4.78 is 10.7. The molecular formula is C19H25NO2. The van der Waals surface area contributed by atoms with Crippen molar-refractivity contribution in [2.45, 2.75) is 32.4 Å². The molecule has 2 aromatic rings. The van der Waals surface area contributed by atoms with E-state index in [4.69, 9.17) is 9.47 Å². The highest BCUT2D eigenvalue weighted by molar-refractivity contribution is 5.38. The summed E-state index contributed by atoms with van der Waals surface area (Å²) in [4.78, 5) is 0. The quantitative estimate of drug-likeness (QED) is 0.838. The van der Waals surface area contributed by atoms with E-state index in [9.17, 15) is 0 Å². The first-order valence-corrected chi connectivity index (χ1v) is 7.65. The maximum atomic E-state index is 5.33. The van der Waals surface area contributed by atoms with E-state index in [1.54, 1.807) is 14.2 Å². The van der Waals surface area contributed by atoms with E-state index >= 15 is 0 Å². The molecule has 2 aromatic carbocycles. The maximum absolute atomic E-state index is 5.33. The monoisotopic (exact) mass is 299 g/mol. The fraction of sp³-hybridized carbons (Fsp3) is 0.368. The van der Waals surface area contributed by atoms with Gasteiger partial charge in [0.25, 0.3) is 0 Å². The van der Waals surface area contributed by atoms with Gasteiger partial charge >= 0.3 is 0 Å². The molecule has 0 unspecified atom stereocenters. The van der Waals surface area contributed by atoms with Gasteiger partial charge in [-0.1, -0.05) is 30.3 Å². The predicted octanol–water partition coefficient (Wildman–Crippen LogP) is 3.99. The Bertz CT molecular complexity index is 561. The van der Waals surface area contributed by atoms with Crippen molar-refractivity contribution in [3.63, 3.8) is 0 Å². The number of benzene rings is 2. The second kappa shape index (κ2) is 7.85. The summed E-state index contributed by atoms with van der Waals surface area (Å²) in [7, 11) is 3.36. The smallest absolute Gasteiger partial charge is 0.122 e. The fourth-order valence-electron chi connectivity index (χ4n) is 2.66. The molecular weight excluding hydrogens is 274 g/mol. The lowest BCUT2D eigenvalue weighted by Crippen LogP contribution is -2.30. The summed E-state index contributed by atoms with van der Waals surface area (Å²) in [6.45, 7) is 4.39. The van der Waals surface area contributed by atoms with Gasteiger partial charge in [0.1, 0.15) is 11.5 Å². The highest BCUT2D eigenvalue weighted by Gasteiger charge is 2.11. The van der Waals surface area contributed by atoms with Crippen molar-refractivity contribution in [3.05, 3.63) is 59.7 Å². The highest BCUT2D eigenvalue weighted by Crippen LogP contribution is 2.23. The van der Waals surface area contributed by atoms with Gasteiger partial charge in [-0.05, 0) is 43.5 Å². The predicted molar refractivity (Wildman–Crippen MR) is 90.7 cm³/mol. The Hall–Kier alpha value is -2.00. The van der Waals surface area contributed by atoms with Crippen LogP contribution < -0.4 is 14.8 Å². The Kier molecular flexibility index (Phi) is 5.84. The molecule has 0 fully saturated rings. The average molecular weight is 299 g/mol. The molecule has 2 atom stereocenters. The Balaban J connectivity index is 2.01. The largest absolute Gasteiger partial charge is 0.497 e. The van der Waals surface area contributed by atoms with Crippen LogP contribution in [0.3, 0.4) is 0 Å². The molecule has 0 bridgehead atoms. The molecule has 2 rings (SSSR count). The summed E-state index contributed by atoms with van der Waals surface area (Å²) in [5.74, 6) is 1.66. The number of hydrogen-bond acceptors (Lipinski definition) is 3. The number of nitrogens with one attached hydrogen (secondary N) is 1. The maximum Gasteiger partial charge on any atom is 0.122 e. The molecule has 0 saturated carbocycles. The lowest BCUT2D eigenvalue weighted by atomic mass is 10.0. The van der Waals surface area contributed by atoms with Crippen LogP contribution in [0.5, 0.6) is 11.5 Å². The molecule has 0 aliphatic heterocycles. The first-order chi connectivity index (χ1) is 10.6. The van der Waals surface area contributed by atoms with Crippen LogP contribution in [0.15, 0.2) is 48.5 Å². The van der Waals surface area contributed by atoms with Crippen molar-refractivity contribution >= 4 is 0 Å². The molecule has 0 spiro atoms. The number of methoxy groups -OCH3 is 2. The molecule has 0 aliphatic carbocycles. The molecule has 0 heterocycles. The van der Waals surface area contributed by atoms with E-state index in [1.165, 1.54) is 11.1 Å². The second-order valence-electron chi connectivity index (χ2n) is 5.63.